The summed E-state index contributed by atoms with van der Waals surface area (Å²) in [4.78, 5) is 12.3. The average molecular weight is 241 g/mol. The van der Waals surface area contributed by atoms with Gasteiger partial charge in [-0.3, -0.25) is 4.79 Å². The molecule has 0 saturated carbocycles. The second kappa shape index (κ2) is 3.86. The van der Waals surface area contributed by atoms with Crippen LogP contribution in [0, 0.1) is 0 Å². The molecule has 1 aromatic carbocycles. The fraction of sp³-hybridized carbons (Fsp3) is 0.0714. The Morgan fingerprint density at radius 1 is 1.24 bits per heavy atom. The Labute approximate surface area is 103 Å². The van der Waals surface area contributed by atoms with Gasteiger partial charge in [-0.25, -0.2) is 0 Å². The topological polar surface area (TPSA) is 22.0 Å². The third kappa shape index (κ3) is 1.59. The number of hydrogen-bond acceptors (Lipinski definition) is 2. The fourth-order valence-electron chi connectivity index (χ4n) is 2.07. The third-order valence-electron chi connectivity index (χ3n) is 2.92. The summed E-state index contributed by atoms with van der Waals surface area (Å²) in [5.74, 6) is 0.100. The minimum absolute atomic E-state index is 0.100. The lowest BCUT2D eigenvalue weighted by Crippen LogP contribution is -1.98. The van der Waals surface area contributed by atoms with Gasteiger partial charge >= 0.3 is 0 Å². The molecule has 0 atom stereocenters. The van der Waals surface area contributed by atoms with Crippen LogP contribution in [0.3, 0.4) is 0 Å². The number of nitrogens with zero attached hydrogens (tertiary/aromatic N) is 1. The zero-order chi connectivity index (χ0) is 11.8. The van der Waals surface area contributed by atoms with E-state index in [1.807, 2.05) is 58.9 Å². The molecule has 0 unspecified atom stereocenters. The Kier molecular flexibility index (Phi) is 2.34. The Hall–Kier alpha value is -1.87. The number of thiophene rings is 1. The minimum atomic E-state index is 0.100. The summed E-state index contributed by atoms with van der Waals surface area (Å²) >= 11 is 1.55. The number of ketones is 1. The van der Waals surface area contributed by atoms with Crippen molar-refractivity contribution in [2.24, 2.45) is 7.05 Å². The van der Waals surface area contributed by atoms with Crippen LogP contribution < -0.4 is 0 Å². The molecule has 2 heterocycles. The lowest BCUT2D eigenvalue weighted by molar-refractivity contribution is 0.104. The average Bonchev–Trinajstić information content (AvgIpc) is 2.97. The molecule has 0 fully saturated rings. The van der Waals surface area contributed by atoms with Crippen molar-refractivity contribution in [3.63, 3.8) is 0 Å². The first-order valence-corrected chi connectivity index (χ1v) is 6.32. The molecule has 0 aliphatic carbocycles. The van der Waals surface area contributed by atoms with E-state index in [0.717, 1.165) is 22.0 Å². The van der Waals surface area contributed by atoms with Crippen LogP contribution in [-0.2, 0) is 7.05 Å². The summed E-state index contributed by atoms with van der Waals surface area (Å²) in [5.41, 5.74) is 2.64. The molecule has 0 N–H and O–H groups in total. The maximum Gasteiger partial charge on any atom is 0.196 e. The van der Waals surface area contributed by atoms with Crippen LogP contribution in [0.2, 0.25) is 0 Å². The summed E-state index contributed by atoms with van der Waals surface area (Å²) in [6.07, 6.45) is 1.91. The van der Waals surface area contributed by atoms with Crippen molar-refractivity contribution < 1.29 is 4.79 Å². The Morgan fingerprint density at radius 2 is 2.06 bits per heavy atom. The Bertz CT molecular complexity index is 679. The van der Waals surface area contributed by atoms with Crippen molar-refractivity contribution in [1.82, 2.24) is 4.57 Å². The van der Waals surface area contributed by atoms with Gasteiger partial charge in [0.1, 0.15) is 0 Å². The largest absolute Gasteiger partial charge is 0.350 e. The van der Waals surface area contributed by atoms with Crippen molar-refractivity contribution in [2.75, 3.05) is 0 Å². The highest BCUT2D eigenvalue weighted by Gasteiger charge is 2.15. The van der Waals surface area contributed by atoms with E-state index in [2.05, 4.69) is 0 Å². The summed E-state index contributed by atoms with van der Waals surface area (Å²) in [6.45, 7) is 0. The van der Waals surface area contributed by atoms with Gasteiger partial charge in [-0.05, 0) is 17.5 Å². The second-order valence-corrected chi connectivity index (χ2v) is 4.79. The fourth-order valence-corrected chi connectivity index (χ4v) is 2.71. The molecule has 2 nitrogen and oxygen atoms in total. The number of carbonyl (C=O) groups is 1. The molecule has 2 aromatic heterocycles. The first-order valence-electron chi connectivity index (χ1n) is 5.38. The molecule has 3 rings (SSSR count). The van der Waals surface area contributed by atoms with Crippen molar-refractivity contribution in [3.8, 4) is 0 Å². The van der Waals surface area contributed by atoms with Gasteiger partial charge in [0.2, 0.25) is 0 Å². The van der Waals surface area contributed by atoms with E-state index in [9.17, 15) is 4.79 Å². The van der Waals surface area contributed by atoms with Crippen LogP contribution in [-0.4, -0.2) is 10.4 Å². The van der Waals surface area contributed by atoms with Crippen LogP contribution in [0.25, 0.3) is 10.9 Å². The summed E-state index contributed by atoms with van der Waals surface area (Å²) in [7, 11) is 1.97. The molecule has 0 radical (unpaired) electrons. The molecule has 0 spiro atoms. The quantitative estimate of drug-likeness (QED) is 0.630. The van der Waals surface area contributed by atoms with Crippen LogP contribution in [0.5, 0.6) is 0 Å². The number of para-hydroxylation sites is 1. The SMILES string of the molecule is Cn1cc(C(=O)c2ccsc2)c2ccccc21. The van der Waals surface area contributed by atoms with Crippen molar-refractivity contribution in [1.29, 1.82) is 0 Å². The number of aromatic nitrogens is 1. The molecule has 17 heavy (non-hydrogen) atoms. The number of hydrogen-bond donors (Lipinski definition) is 0. The van der Waals surface area contributed by atoms with E-state index in [1.165, 1.54) is 0 Å². The van der Waals surface area contributed by atoms with E-state index < -0.39 is 0 Å². The maximum absolute atomic E-state index is 12.3. The van der Waals surface area contributed by atoms with Crippen LogP contribution in [0.15, 0.2) is 47.3 Å². The number of benzene rings is 1. The van der Waals surface area contributed by atoms with Gasteiger partial charge in [-0.1, -0.05) is 18.2 Å². The van der Waals surface area contributed by atoms with Crippen LogP contribution in [0.4, 0.5) is 0 Å². The summed E-state index contributed by atoms with van der Waals surface area (Å²) in [6, 6.07) is 9.84. The van der Waals surface area contributed by atoms with Gasteiger partial charge in [-0.15, -0.1) is 0 Å². The van der Waals surface area contributed by atoms with E-state index in [0.29, 0.717) is 0 Å². The Balaban J connectivity index is 2.22. The van der Waals surface area contributed by atoms with Gasteiger partial charge in [0.25, 0.3) is 0 Å². The van der Waals surface area contributed by atoms with E-state index in [1.54, 1.807) is 11.3 Å². The van der Waals surface area contributed by atoms with E-state index >= 15 is 0 Å². The molecule has 0 aliphatic rings. The van der Waals surface area contributed by atoms with Gasteiger partial charge in [-0.2, -0.15) is 11.3 Å². The lowest BCUT2D eigenvalue weighted by Gasteiger charge is -1.95. The van der Waals surface area contributed by atoms with Gasteiger partial charge in [0, 0.05) is 40.7 Å². The molecule has 3 heteroatoms. The normalized spacial score (nSPS) is 10.9. The third-order valence-corrected chi connectivity index (χ3v) is 3.61. The van der Waals surface area contributed by atoms with Crippen molar-refractivity contribution in [3.05, 3.63) is 58.4 Å². The van der Waals surface area contributed by atoms with Crippen LogP contribution >= 0.6 is 11.3 Å². The molecule has 84 valence electrons. The number of carbonyl (C=O) groups excluding carboxylic acids is 1. The molecule has 0 bridgehead atoms. The summed E-state index contributed by atoms with van der Waals surface area (Å²) in [5, 5.41) is 4.84. The summed E-state index contributed by atoms with van der Waals surface area (Å²) < 4.78 is 1.99. The molecular weight excluding hydrogens is 230 g/mol. The number of rotatable bonds is 2. The predicted molar refractivity (Wildman–Crippen MR) is 70.7 cm³/mol. The predicted octanol–water partition coefficient (Wildman–Crippen LogP) is 3.47. The van der Waals surface area contributed by atoms with Gasteiger partial charge in [0.15, 0.2) is 5.78 Å². The minimum Gasteiger partial charge on any atom is -0.350 e. The number of aryl methyl sites for hydroxylation is 1. The first kappa shape index (κ1) is 10.3. The number of fused-ring (bicyclic) bond motifs is 1. The molecule has 0 aliphatic heterocycles. The maximum atomic E-state index is 12.3. The first-order chi connectivity index (χ1) is 8.27. The standard InChI is InChI=1S/C14H11NOS/c1-15-8-12(11-4-2-3-5-13(11)15)14(16)10-6-7-17-9-10/h2-9H,1H3. The zero-order valence-electron chi connectivity index (χ0n) is 9.38. The van der Waals surface area contributed by atoms with Gasteiger partial charge in [0.05, 0.1) is 0 Å². The lowest BCUT2D eigenvalue weighted by atomic mass is 10.1. The Morgan fingerprint density at radius 3 is 2.82 bits per heavy atom. The monoisotopic (exact) mass is 241 g/mol. The van der Waals surface area contributed by atoms with Crippen molar-refractivity contribution in [2.45, 2.75) is 0 Å². The molecule has 0 saturated heterocycles. The second-order valence-electron chi connectivity index (χ2n) is 4.01. The van der Waals surface area contributed by atoms with E-state index in [-0.39, 0.29) is 5.78 Å². The van der Waals surface area contributed by atoms with E-state index in [4.69, 9.17) is 0 Å². The highest BCUT2D eigenvalue weighted by molar-refractivity contribution is 7.08. The molecule has 0 amide bonds. The smallest absolute Gasteiger partial charge is 0.196 e. The van der Waals surface area contributed by atoms with Crippen molar-refractivity contribution >= 4 is 28.0 Å². The molecule has 3 aromatic rings. The molecular formula is C14H11NOS. The zero-order valence-corrected chi connectivity index (χ0v) is 10.2. The van der Waals surface area contributed by atoms with Gasteiger partial charge < -0.3 is 4.57 Å². The van der Waals surface area contributed by atoms with Crippen LogP contribution in [0.1, 0.15) is 15.9 Å². The highest BCUT2D eigenvalue weighted by Crippen LogP contribution is 2.23. The highest BCUT2D eigenvalue weighted by atomic mass is 32.1.